The van der Waals surface area contributed by atoms with Gasteiger partial charge in [-0.2, -0.15) is 13.2 Å². The van der Waals surface area contributed by atoms with Gasteiger partial charge < -0.3 is 25.8 Å². The largest absolute Gasteiger partial charge is 0.495 e. The van der Waals surface area contributed by atoms with Crippen molar-refractivity contribution in [2.24, 2.45) is 5.73 Å². The summed E-state index contributed by atoms with van der Waals surface area (Å²) in [4.78, 5) is 38.5. The number of anilines is 1. The maximum atomic E-state index is 12.9. The maximum absolute atomic E-state index is 12.9. The number of methoxy groups -OCH3 is 1. The molecule has 0 saturated carbocycles. The monoisotopic (exact) mass is 476 g/mol. The maximum Gasteiger partial charge on any atom is 0.416 e. The SMILES string of the molecule is COc1ccc(C(F)(F)F)cc1NC(=O)NCCc1ccc2cc(C(=O)OC(N)=O)ncc2c1. The number of hydrogen-bond acceptors (Lipinski definition) is 6. The number of fused-ring (bicyclic) bond motifs is 1. The van der Waals surface area contributed by atoms with Gasteiger partial charge in [-0.1, -0.05) is 12.1 Å². The fraction of sp³-hybridized carbons (Fsp3) is 0.182. The van der Waals surface area contributed by atoms with Crippen molar-refractivity contribution in [3.05, 3.63) is 65.5 Å². The lowest BCUT2D eigenvalue weighted by molar-refractivity contribution is -0.137. The fourth-order valence-electron chi connectivity index (χ4n) is 3.07. The van der Waals surface area contributed by atoms with Crippen LogP contribution in [0, 0.1) is 0 Å². The molecule has 0 radical (unpaired) electrons. The van der Waals surface area contributed by atoms with Gasteiger partial charge in [-0.15, -0.1) is 0 Å². The minimum atomic E-state index is -4.56. The molecule has 0 fully saturated rings. The molecule has 9 nitrogen and oxygen atoms in total. The molecule has 0 aliphatic rings. The number of rotatable bonds is 6. The molecule has 0 saturated heterocycles. The van der Waals surface area contributed by atoms with Crippen molar-refractivity contribution in [3.8, 4) is 5.75 Å². The zero-order valence-electron chi connectivity index (χ0n) is 17.7. The summed E-state index contributed by atoms with van der Waals surface area (Å²) in [6.07, 6.45) is -3.96. The highest BCUT2D eigenvalue weighted by atomic mass is 19.4. The highest BCUT2D eigenvalue weighted by molar-refractivity contribution is 5.97. The normalized spacial score (nSPS) is 11.1. The molecule has 0 unspecified atom stereocenters. The minimum Gasteiger partial charge on any atom is -0.495 e. The Morgan fingerprint density at radius 1 is 1.06 bits per heavy atom. The lowest BCUT2D eigenvalue weighted by Crippen LogP contribution is -2.30. The number of hydrogen-bond donors (Lipinski definition) is 3. The van der Waals surface area contributed by atoms with Crippen molar-refractivity contribution in [3.63, 3.8) is 0 Å². The van der Waals surface area contributed by atoms with E-state index in [0.717, 1.165) is 23.8 Å². The minimum absolute atomic E-state index is 0.0811. The number of halogens is 3. The highest BCUT2D eigenvalue weighted by Crippen LogP contribution is 2.34. The third kappa shape index (κ3) is 6.12. The van der Waals surface area contributed by atoms with Crippen LogP contribution < -0.4 is 21.1 Å². The molecule has 0 aliphatic heterocycles. The van der Waals surface area contributed by atoms with Crippen molar-refractivity contribution in [1.29, 1.82) is 0 Å². The Morgan fingerprint density at radius 3 is 2.50 bits per heavy atom. The molecular weight excluding hydrogens is 457 g/mol. The van der Waals surface area contributed by atoms with Gasteiger partial charge in [0.25, 0.3) is 0 Å². The number of nitrogens with two attached hydrogens (primary N) is 1. The van der Waals surface area contributed by atoms with Gasteiger partial charge in [-0.3, -0.25) is 0 Å². The van der Waals surface area contributed by atoms with Crippen LogP contribution in [0.2, 0.25) is 0 Å². The van der Waals surface area contributed by atoms with E-state index in [2.05, 4.69) is 20.4 Å². The predicted octanol–water partition coefficient (Wildman–Crippen LogP) is 3.86. The summed E-state index contributed by atoms with van der Waals surface area (Å²) in [6.45, 7) is 0.190. The Bertz CT molecular complexity index is 1250. The molecular formula is C22H19F3N4O5. The van der Waals surface area contributed by atoms with E-state index in [1.807, 2.05) is 0 Å². The van der Waals surface area contributed by atoms with E-state index in [9.17, 15) is 27.6 Å². The van der Waals surface area contributed by atoms with Crippen LogP contribution in [0.4, 0.5) is 28.4 Å². The summed E-state index contributed by atoms with van der Waals surface area (Å²) in [5.74, 6) is -0.879. The molecule has 0 bridgehead atoms. The number of urea groups is 1. The van der Waals surface area contributed by atoms with E-state index in [4.69, 9.17) is 10.5 Å². The second kappa shape index (κ2) is 10.1. The quantitative estimate of drug-likeness (QED) is 0.366. The molecule has 2 aromatic carbocycles. The van der Waals surface area contributed by atoms with Gasteiger partial charge in [0.05, 0.1) is 18.4 Å². The van der Waals surface area contributed by atoms with E-state index >= 15 is 0 Å². The predicted molar refractivity (Wildman–Crippen MR) is 115 cm³/mol. The first kappa shape index (κ1) is 24.3. The average Bonchev–Trinajstić information content (AvgIpc) is 2.77. The molecule has 0 aliphatic carbocycles. The van der Waals surface area contributed by atoms with E-state index in [1.165, 1.54) is 19.4 Å². The molecule has 0 spiro atoms. The van der Waals surface area contributed by atoms with Gasteiger partial charge in [0.2, 0.25) is 0 Å². The Labute approximate surface area is 191 Å². The topological polar surface area (TPSA) is 133 Å². The first-order chi connectivity index (χ1) is 16.1. The van der Waals surface area contributed by atoms with E-state index < -0.39 is 29.8 Å². The van der Waals surface area contributed by atoms with Crippen LogP contribution in [0.25, 0.3) is 10.8 Å². The molecule has 3 aromatic rings. The first-order valence-corrected chi connectivity index (χ1v) is 9.77. The van der Waals surface area contributed by atoms with Crippen molar-refractivity contribution >= 4 is 34.6 Å². The lowest BCUT2D eigenvalue weighted by Gasteiger charge is -2.14. The Kier molecular flexibility index (Phi) is 7.19. The molecule has 3 amide bonds. The molecule has 34 heavy (non-hydrogen) atoms. The van der Waals surface area contributed by atoms with E-state index in [-0.39, 0.29) is 23.7 Å². The summed E-state index contributed by atoms with van der Waals surface area (Å²) >= 11 is 0. The number of ether oxygens (including phenoxy) is 2. The second-order valence-electron chi connectivity index (χ2n) is 7.00. The number of benzene rings is 2. The van der Waals surface area contributed by atoms with Crippen molar-refractivity contribution in [2.45, 2.75) is 12.6 Å². The Hall–Kier alpha value is -4.35. The number of alkyl halides is 3. The van der Waals surface area contributed by atoms with Crippen LogP contribution in [-0.2, 0) is 17.3 Å². The number of nitrogens with zero attached hydrogens (tertiary/aromatic N) is 1. The summed E-state index contributed by atoms with van der Waals surface area (Å²) in [6, 6.07) is 8.81. The fourth-order valence-corrected chi connectivity index (χ4v) is 3.07. The van der Waals surface area contributed by atoms with E-state index in [1.54, 1.807) is 18.2 Å². The first-order valence-electron chi connectivity index (χ1n) is 9.77. The van der Waals surface area contributed by atoms with Gasteiger partial charge in [0, 0.05) is 18.1 Å². The number of esters is 1. The number of aromatic nitrogens is 1. The van der Waals surface area contributed by atoms with Crippen LogP contribution >= 0.6 is 0 Å². The zero-order chi connectivity index (χ0) is 24.9. The number of pyridine rings is 1. The second-order valence-corrected chi connectivity index (χ2v) is 7.00. The van der Waals surface area contributed by atoms with Crippen LogP contribution in [-0.4, -0.2) is 36.7 Å². The zero-order valence-corrected chi connectivity index (χ0v) is 17.7. The van der Waals surface area contributed by atoms with Crippen molar-refractivity contribution in [2.75, 3.05) is 19.0 Å². The number of amides is 3. The number of primary amides is 1. The van der Waals surface area contributed by atoms with Crippen molar-refractivity contribution in [1.82, 2.24) is 10.3 Å². The molecule has 3 rings (SSSR count). The molecule has 4 N–H and O–H groups in total. The molecule has 0 atom stereocenters. The number of carbonyl (C=O) groups is 3. The summed E-state index contributed by atoms with van der Waals surface area (Å²) in [7, 11) is 1.28. The third-order valence-corrected chi connectivity index (χ3v) is 4.66. The Morgan fingerprint density at radius 2 is 1.82 bits per heavy atom. The van der Waals surface area contributed by atoms with Crippen LogP contribution in [0.3, 0.4) is 0 Å². The molecule has 1 aromatic heterocycles. The van der Waals surface area contributed by atoms with Gasteiger partial charge >= 0.3 is 24.3 Å². The summed E-state index contributed by atoms with van der Waals surface area (Å²) < 4.78 is 48.1. The Balaban J connectivity index is 1.60. The van der Waals surface area contributed by atoms with Gasteiger partial charge in [0.1, 0.15) is 11.4 Å². The lowest BCUT2D eigenvalue weighted by atomic mass is 10.1. The van der Waals surface area contributed by atoms with Crippen LogP contribution in [0.15, 0.2) is 48.7 Å². The van der Waals surface area contributed by atoms with Gasteiger partial charge in [0.15, 0.2) is 0 Å². The smallest absolute Gasteiger partial charge is 0.416 e. The van der Waals surface area contributed by atoms with Gasteiger partial charge in [-0.25, -0.2) is 19.4 Å². The van der Waals surface area contributed by atoms with Crippen molar-refractivity contribution < 1.29 is 37.0 Å². The van der Waals surface area contributed by atoms with E-state index in [0.29, 0.717) is 17.2 Å². The molecule has 1 heterocycles. The molecule has 12 heteroatoms. The summed E-state index contributed by atoms with van der Waals surface area (Å²) in [5.41, 5.74) is 4.54. The molecule has 178 valence electrons. The number of nitrogens with one attached hydrogen (secondary N) is 2. The summed E-state index contributed by atoms with van der Waals surface area (Å²) in [5, 5.41) is 6.30. The van der Waals surface area contributed by atoms with Crippen LogP contribution in [0.5, 0.6) is 5.75 Å². The third-order valence-electron chi connectivity index (χ3n) is 4.66. The highest BCUT2D eigenvalue weighted by Gasteiger charge is 2.31. The van der Waals surface area contributed by atoms with Gasteiger partial charge in [-0.05, 0) is 47.7 Å². The number of carbonyl (C=O) groups excluding carboxylic acids is 3. The standard InChI is InChI=1S/C22H19F3N4O5/c1-33-18-5-4-15(22(23,24)25)10-16(18)29-21(32)27-7-6-12-2-3-13-9-17(19(30)34-20(26)31)28-11-14(13)8-12/h2-5,8-11H,6-7H2,1H3,(H2,26,31)(H2,27,29,32). The van der Waals surface area contributed by atoms with Crippen LogP contribution in [0.1, 0.15) is 21.6 Å². The average molecular weight is 476 g/mol.